The quantitative estimate of drug-likeness (QED) is 0.509. The Morgan fingerprint density at radius 2 is 1.97 bits per heavy atom. The van der Waals surface area contributed by atoms with Crippen LogP contribution < -0.4 is 21.9 Å². The molecule has 0 aliphatic heterocycles. The molecule has 3 aromatic rings. The van der Waals surface area contributed by atoms with E-state index in [1.54, 1.807) is 6.07 Å². The first-order chi connectivity index (χ1) is 13.9. The Bertz CT molecular complexity index is 1220. The van der Waals surface area contributed by atoms with Gasteiger partial charge in [-0.05, 0) is 25.0 Å². The summed E-state index contributed by atoms with van der Waals surface area (Å²) in [7, 11) is 0. The van der Waals surface area contributed by atoms with Gasteiger partial charge in [-0.2, -0.15) is 0 Å². The van der Waals surface area contributed by atoms with Gasteiger partial charge in [-0.1, -0.05) is 23.2 Å². The molecule has 3 aromatic heterocycles. The number of carbonyl (C=O) groups is 1. The lowest BCUT2D eigenvalue weighted by Crippen LogP contribution is -2.32. The van der Waals surface area contributed by atoms with E-state index in [0.29, 0.717) is 28.1 Å². The Labute approximate surface area is 174 Å². The van der Waals surface area contributed by atoms with Gasteiger partial charge < -0.3 is 10.6 Å². The van der Waals surface area contributed by atoms with Crippen molar-refractivity contribution in [2.45, 2.75) is 18.9 Å². The van der Waals surface area contributed by atoms with Crippen LogP contribution in [-0.4, -0.2) is 38.5 Å². The first-order valence-corrected chi connectivity index (χ1v) is 9.67. The maximum atomic E-state index is 12.4. The number of aromatic nitrogens is 4. The highest BCUT2D eigenvalue weighted by molar-refractivity contribution is 6.35. The minimum absolute atomic E-state index is 0.0494. The first kappa shape index (κ1) is 19.4. The van der Waals surface area contributed by atoms with E-state index in [1.807, 2.05) is 0 Å². The third kappa shape index (κ3) is 4.10. The third-order valence-corrected chi connectivity index (χ3v) is 4.96. The number of fused-ring (bicyclic) bond motifs is 1. The first-order valence-electron chi connectivity index (χ1n) is 8.92. The molecule has 0 saturated heterocycles. The molecule has 0 spiro atoms. The van der Waals surface area contributed by atoms with Crippen molar-refractivity contribution in [3.8, 4) is 0 Å². The topological polar surface area (TPSA) is 122 Å². The zero-order valence-corrected chi connectivity index (χ0v) is 16.5. The van der Waals surface area contributed by atoms with Crippen molar-refractivity contribution in [1.82, 2.24) is 24.8 Å². The summed E-state index contributed by atoms with van der Waals surface area (Å²) >= 11 is 11.8. The zero-order chi connectivity index (χ0) is 20.5. The lowest BCUT2D eigenvalue weighted by molar-refractivity contribution is 0.0955. The monoisotopic (exact) mass is 434 g/mol. The molecule has 1 amide bonds. The fourth-order valence-electron chi connectivity index (χ4n) is 2.94. The molecule has 0 bridgehead atoms. The highest BCUT2D eigenvalue weighted by Gasteiger charge is 2.27. The fourth-order valence-corrected chi connectivity index (χ4v) is 3.38. The molecule has 0 aromatic carbocycles. The SMILES string of the molecule is O=C(NCCNc1ncc(Cl)cc1Cl)c1cnc2c(c1)c(=O)[nH]c(=O)n2C1CC1. The van der Waals surface area contributed by atoms with Crippen LogP contribution in [0.15, 0.2) is 34.1 Å². The van der Waals surface area contributed by atoms with E-state index in [9.17, 15) is 14.4 Å². The molecule has 1 fully saturated rings. The molecule has 1 aliphatic rings. The van der Waals surface area contributed by atoms with E-state index < -0.39 is 11.2 Å². The van der Waals surface area contributed by atoms with Crippen LogP contribution in [0.5, 0.6) is 0 Å². The highest BCUT2D eigenvalue weighted by atomic mass is 35.5. The van der Waals surface area contributed by atoms with Crippen LogP contribution in [0.1, 0.15) is 29.2 Å². The van der Waals surface area contributed by atoms with Crippen LogP contribution in [0.25, 0.3) is 11.0 Å². The Morgan fingerprint density at radius 1 is 1.17 bits per heavy atom. The Balaban J connectivity index is 1.45. The van der Waals surface area contributed by atoms with Crippen molar-refractivity contribution in [2.75, 3.05) is 18.4 Å². The molecule has 1 aliphatic carbocycles. The van der Waals surface area contributed by atoms with Crippen LogP contribution >= 0.6 is 23.2 Å². The molecule has 29 heavy (non-hydrogen) atoms. The minimum atomic E-state index is -0.561. The molecule has 150 valence electrons. The predicted molar refractivity (Wildman–Crippen MR) is 110 cm³/mol. The fraction of sp³-hybridized carbons (Fsp3) is 0.278. The van der Waals surface area contributed by atoms with E-state index in [0.717, 1.165) is 12.8 Å². The van der Waals surface area contributed by atoms with Gasteiger partial charge in [0.1, 0.15) is 11.5 Å². The lowest BCUT2D eigenvalue weighted by Gasteiger charge is -2.10. The number of halogens is 2. The smallest absolute Gasteiger partial charge is 0.330 e. The Hall–Kier alpha value is -2.91. The number of H-pyrrole nitrogens is 1. The summed E-state index contributed by atoms with van der Waals surface area (Å²) in [5.41, 5.74) is -0.515. The van der Waals surface area contributed by atoms with E-state index in [-0.39, 0.29) is 29.4 Å². The van der Waals surface area contributed by atoms with Gasteiger partial charge in [-0.25, -0.2) is 14.8 Å². The lowest BCUT2D eigenvalue weighted by atomic mass is 10.2. The predicted octanol–water partition coefficient (Wildman–Crippen LogP) is 1.96. The molecule has 4 rings (SSSR count). The second kappa shape index (κ2) is 7.84. The number of aromatic amines is 1. The number of hydrogen-bond donors (Lipinski definition) is 3. The van der Waals surface area contributed by atoms with Gasteiger partial charge in [0, 0.05) is 31.5 Å². The summed E-state index contributed by atoms with van der Waals surface area (Å²) < 4.78 is 1.48. The second-order valence-corrected chi connectivity index (χ2v) is 7.47. The Kier molecular flexibility index (Phi) is 5.25. The van der Waals surface area contributed by atoms with Crippen molar-refractivity contribution in [2.24, 2.45) is 0 Å². The van der Waals surface area contributed by atoms with Crippen LogP contribution in [0.3, 0.4) is 0 Å². The van der Waals surface area contributed by atoms with Gasteiger partial charge in [0.05, 0.1) is 21.0 Å². The van der Waals surface area contributed by atoms with E-state index in [2.05, 4.69) is 25.6 Å². The molecule has 9 nitrogen and oxygen atoms in total. The zero-order valence-electron chi connectivity index (χ0n) is 15.0. The number of rotatable bonds is 6. The van der Waals surface area contributed by atoms with Gasteiger partial charge in [0.25, 0.3) is 11.5 Å². The van der Waals surface area contributed by atoms with Crippen LogP contribution in [-0.2, 0) is 0 Å². The molecular weight excluding hydrogens is 419 g/mol. The molecule has 11 heteroatoms. The molecule has 0 radical (unpaired) electrons. The van der Waals surface area contributed by atoms with Crippen molar-refractivity contribution in [3.05, 3.63) is 61.0 Å². The number of anilines is 1. The molecule has 0 atom stereocenters. The standard InChI is InChI=1S/C18H16Cl2N6O3/c19-10-6-13(20)14(23-8-10)21-3-4-22-16(27)9-5-12-15(24-7-9)26(11-1-2-11)18(29)25-17(12)28/h5-8,11H,1-4H2,(H,21,23)(H,22,27)(H,25,28,29). The average molecular weight is 435 g/mol. The number of nitrogens with one attached hydrogen (secondary N) is 3. The van der Waals surface area contributed by atoms with Crippen LogP contribution in [0.4, 0.5) is 5.82 Å². The number of pyridine rings is 2. The summed E-state index contributed by atoms with van der Waals surface area (Å²) in [4.78, 5) is 47.2. The van der Waals surface area contributed by atoms with Crippen molar-refractivity contribution in [1.29, 1.82) is 0 Å². The molecule has 3 N–H and O–H groups in total. The third-order valence-electron chi connectivity index (χ3n) is 4.46. The normalized spacial score (nSPS) is 13.4. The molecule has 1 saturated carbocycles. The van der Waals surface area contributed by atoms with Gasteiger partial charge >= 0.3 is 5.69 Å². The number of carbonyl (C=O) groups excluding carboxylic acids is 1. The minimum Gasteiger partial charge on any atom is -0.367 e. The summed E-state index contributed by atoms with van der Waals surface area (Å²) in [5.74, 6) is 0.0715. The van der Waals surface area contributed by atoms with Crippen molar-refractivity contribution in [3.63, 3.8) is 0 Å². The highest BCUT2D eigenvalue weighted by Crippen LogP contribution is 2.34. The van der Waals surface area contributed by atoms with Gasteiger partial charge in [-0.3, -0.25) is 19.1 Å². The molecular formula is C18H16Cl2N6O3. The van der Waals surface area contributed by atoms with Crippen molar-refractivity contribution < 1.29 is 4.79 Å². The van der Waals surface area contributed by atoms with Crippen LogP contribution in [0.2, 0.25) is 10.0 Å². The summed E-state index contributed by atoms with van der Waals surface area (Å²) in [6.07, 6.45) is 4.56. The largest absolute Gasteiger partial charge is 0.367 e. The van der Waals surface area contributed by atoms with E-state index >= 15 is 0 Å². The van der Waals surface area contributed by atoms with Gasteiger partial charge in [0.15, 0.2) is 0 Å². The van der Waals surface area contributed by atoms with Gasteiger partial charge in [-0.15, -0.1) is 0 Å². The number of nitrogens with zero attached hydrogens (tertiary/aromatic N) is 3. The molecule has 0 unspecified atom stereocenters. The maximum absolute atomic E-state index is 12.4. The number of amides is 1. The Morgan fingerprint density at radius 3 is 2.69 bits per heavy atom. The van der Waals surface area contributed by atoms with Crippen LogP contribution in [0, 0.1) is 0 Å². The van der Waals surface area contributed by atoms with Gasteiger partial charge in [0.2, 0.25) is 0 Å². The number of hydrogen-bond acceptors (Lipinski definition) is 6. The summed E-state index contributed by atoms with van der Waals surface area (Å²) in [6.45, 7) is 0.665. The van der Waals surface area contributed by atoms with Crippen molar-refractivity contribution >= 4 is 46.0 Å². The summed E-state index contributed by atoms with van der Waals surface area (Å²) in [5, 5.41) is 6.74. The molecule has 3 heterocycles. The second-order valence-electron chi connectivity index (χ2n) is 6.62. The maximum Gasteiger partial charge on any atom is 0.330 e. The van der Waals surface area contributed by atoms with E-state index in [4.69, 9.17) is 23.2 Å². The average Bonchev–Trinajstić information content (AvgIpc) is 3.51. The van der Waals surface area contributed by atoms with E-state index in [1.165, 1.54) is 23.0 Å². The summed E-state index contributed by atoms with van der Waals surface area (Å²) in [6, 6.07) is 3.06.